The summed E-state index contributed by atoms with van der Waals surface area (Å²) in [7, 11) is -1.52. The first-order valence-electron chi connectivity index (χ1n) is 7.12. The van der Waals surface area contributed by atoms with Crippen molar-refractivity contribution in [3.63, 3.8) is 0 Å². The number of pyridine rings is 1. The van der Waals surface area contributed by atoms with Crippen LogP contribution in [0.5, 0.6) is 0 Å². The van der Waals surface area contributed by atoms with Crippen molar-refractivity contribution in [2.45, 2.75) is 4.21 Å². The Morgan fingerprint density at radius 2 is 1.91 bits per heavy atom. The summed E-state index contributed by atoms with van der Waals surface area (Å²) in [6.07, 6.45) is 1.54. The summed E-state index contributed by atoms with van der Waals surface area (Å²) in [6.45, 7) is 3.83. The van der Waals surface area contributed by atoms with Gasteiger partial charge < -0.3 is 9.80 Å². The van der Waals surface area contributed by atoms with Crippen LogP contribution in [0.15, 0.2) is 34.7 Å². The maximum absolute atomic E-state index is 12.2. The van der Waals surface area contributed by atoms with Gasteiger partial charge in [0.1, 0.15) is 10.0 Å². The molecule has 9 heteroatoms. The average Bonchev–Trinajstić information content (AvgIpc) is 2.96. The molecule has 0 amide bonds. The summed E-state index contributed by atoms with van der Waals surface area (Å²) >= 11 is 6.81. The van der Waals surface area contributed by atoms with Gasteiger partial charge in [-0.15, -0.1) is 11.3 Å². The molecule has 0 bridgehead atoms. The van der Waals surface area contributed by atoms with E-state index in [2.05, 4.69) is 26.6 Å². The molecule has 23 heavy (non-hydrogen) atoms. The highest BCUT2D eigenvalue weighted by atomic mass is 35.5. The Morgan fingerprint density at radius 3 is 2.48 bits per heavy atom. The second-order valence-electron chi connectivity index (χ2n) is 5.36. The number of nitrogens with zero attached hydrogens (tertiary/aromatic N) is 3. The van der Waals surface area contributed by atoms with Crippen molar-refractivity contribution >= 4 is 44.5 Å². The molecule has 124 valence electrons. The van der Waals surface area contributed by atoms with Crippen molar-refractivity contribution in [1.29, 1.82) is 0 Å². The van der Waals surface area contributed by atoms with E-state index < -0.39 is 10.0 Å². The number of hydrogen-bond donors (Lipinski definition) is 1. The van der Waals surface area contributed by atoms with Gasteiger partial charge in [-0.05, 0) is 31.3 Å². The third-order valence-electron chi connectivity index (χ3n) is 3.64. The van der Waals surface area contributed by atoms with E-state index in [9.17, 15) is 8.42 Å². The van der Waals surface area contributed by atoms with Crippen LogP contribution in [-0.4, -0.2) is 51.5 Å². The average molecular weight is 373 g/mol. The summed E-state index contributed by atoms with van der Waals surface area (Å²) in [4.78, 5) is 8.83. The quantitative estimate of drug-likeness (QED) is 0.892. The van der Waals surface area contributed by atoms with Gasteiger partial charge in [-0.3, -0.25) is 4.72 Å². The van der Waals surface area contributed by atoms with Crippen LogP contribution in [0.4, 0.5) is 11.5 Å². The van der Waals surface area contributed by atoms with Crippen LogP contribution in [0, 0.1) is 0 Å². The lowest BCUT2D eigenvalue weighted by atomic mass is 10.3. The third kappa shape index (κ3) is 3.95. The van der Waals surface area contributed by atoms with E-state index in [1.54, 1.807) is 18.3 Å². The van der Waals surface area contributed by atoms with Crippen LogP contribution < -0.4 is 9.62 Å². The second kappa shape index (κ2) is 6.64. The van der Waals surface area contributed by atoms with Crippen molar-refractivity contribution in [2.24, 2.45) is 0 Å². The summed E-state index contributed by atoms with van der Waals surface area (Å²) in [5.41, 5.74) is 0.437. The number of piperazine rings is 1. The van der Waals surface area contributed by atoms with Crippen LogP contribution in [0.1, 0.15) is 0 Å². The van der Waals surface area contributed by atoms with Crippen LogP contribution in [0.2, 0.25) is 4.34 Å². The molecule has 1 aliphatic heterocycles. The predicted molar refractivity (Wildman–Crippen MR) is 94.1 cm³/mol. The molecule has 2 aromatic rings. The number of anilines is 2. The maximum Gasteiger partial charge on any atom is 0.271 e. The molecule has 0 radical (unpaired) electrons. The number of rotatable bonds is 4. The van der Waals surface area contributed by atoms with Crippen molar-refractivity contribution < 1.29 is 8.42 Å². The Labute approximate surface area is 144 Å². The Bertz CT molecular complexity index is 768. The zero-order valence-corrected chi connectivity index (χ0v) is 15.0. The maximum atomic E-state index is 12.2. The number of likely N-dealkylation sites (N-methyl/N-ethyl adjacent to an activating group) is 1. The molecule has 0 spiro atoms. The fraction of sp³-hybridized carbons (Fsp3) is 0.357. The number of halogens is 1. The van der Waals surface area contributed by atoms with E-state index in [1.807, 2.05) is 6.07 Å². The van der Waals surface area contributed by atoms with E-state index in [0.717, 1.165) is 43.3 Å². The van der Waals surface area contributed by atoms with Gasteiger partial charge in [0, 0.05) is 26.2 Å². The summed E-state index contributed by atoms with van der Waals surface area (Å²) in [5, 5.41) is 0. The molecule has 2 aromatic heterocycles. The van der Waals surface area contributed by atoms with Crippen molar-refractivity contribution in [3.05, 3.63) is 34.8 Å². The lowest BCUT2D eigenvalue weighted by Gasteiger charge is -2.33. The zero-order chi connectivity index (χ0) is 16.4. The van der Waals surface area contributed by atoms with Gasteiger partial charge >= 0.3 is 0 Å². The number of nitrogens with one attached hydrogen (secondary N) is 1. The fourth-order valence-corrected chi connectivity index (χ4v) is 4.84. The highest BCUT2D eigenvalue weighted by Crippen LogP contribution is 2.27. The number of hydrogen-bond acceptors (Lipinski definition) is 6. The first-order chi connectivity index (χ1) is 10.9. The van der Waals surface area contributed by atoms with Gasteiger partial charge in [-0.2, -0.15) is 0 Å². The van der Waals surface area contributed by atoms with Gasteiger partial charge in [0.2, 0.25) is 0 Å². The van der Waals surface area contributed by atoms with Gasteiger partial charge in [0.25, 0.3) is 10.0 Å². The molecule has 3 rings (SSSR count). The van der Waals surface area contributed by atoms with Crippen molar-refractivity contribution in [1.82, 2.24) is 9.88 Å². The summed E-state index contributed by atoms with van der Waals surface area (Å²) in [6, 6.07) is 6.62. The van der Waals surface area contributed by atoms with E-state index in [-0.39, 0.29) is 4.21 Å². The predicted octanol–water partition coefficient (Wildman–Crippen LogP) is 2.35. The number of sulfonamides is 1. The Balaban J connectivity index is 1.70. The van der Waals surface area contributed by atoms with E-state index in [1.165, 1.54) is 6.07 Å². The van der Waals surface area contributed by atoms with Crippen LogP contribution >= 0.6 is 22.9 Å². The molecule has 1 saturated heterocycles. The molecular weight excluding hydrogens is 356 g/mol. The first-order valence-corrected chi connectivity index (χ1v) is 9.79. The zero-order valence-electron chi connectivity index (χ0n) is 12.6. The van der Waals surface area contributed by atoms with Gasteiger partial charge in [-0.1, -0.05) is 11.6 Å². The molecule has 3 heterocycles. The van der Waals surface area contributed by atoms with E-state index in [0.29, 0.717) is 10.0 Å². The minimum absolute atomic E-state index is 0.186. The minimum Gasteiger partial charge on any atom is -0.354 e. The van der Waals surface area contributed by atoms with Crippen LogP contribution in [-0.2, 0) is 10.0 Å². The second-order valence-corrected chi connectivity index (χ2v) is 8.98. The Hall–Kier alpha value is -1.35. The first kappa shape index (κ1) is 16.5. The largest absolute Gasteiger partial charge is 0.354 e. The molecule has 0 aromatic carbocycles. The number of thiophene rings is 1. The fourth-order valence-electron chi connectivity index (χ4n) is 2.32. The highest BCUT2D eigenvalue weighted by molar-refractivity contribution is 7.94. The third-order valence-corrected chi connectivity index (χ3v) is 6.75. The summed E-state index contributed by atoms with van der Waals surface area (Å²) < 4.78 is 27.6. The molecule has 0 saturated carbocycles. The molecule has 0 unspecified atom stereocenters. The van der Waals surface area contributed by atoms with Crippen LogP contribution in [0.3, 0.4) is 0 Å². The smallest absolute Gasteiger partial charge is 0.271 e. The molecule has 1 N–H and O–H groups in total. The molecule has 1 fully saturated rings. The SMILES string of the molecule is CN1CCN(c2ccc(NS(=O)(=O)c3ccc(Cl)s3)cn2)CC1. The topological polar surface area (TPSA) is 65.5 Å². The van der Waals surface area contributed by atoms with Crippen LogP contribution in [0.25, 0.3) is 0 Å². The molecule has 0 aliphatic carbocycles. The number of aromatic nitrogens is 1. The van der Waals surface area contributed by atoms with Gasteiger partial charge in [0.15, 0.2) is 0 Å². The van der Waals surface area contributed by atoms with Gasteiger partial charge in [0.05, 0.1) is 16.2 Å². The molecular formula is C14H17ClN4O2S2. The summed E-state index contributed by atoms with van der Waals surface area (Å²) in [5.74, 6) is 0.861. The standard InChI is InChI=1S/C14H17ClN4O2S2/c1-18-6-8-19(9-7-18)13-4-2-11(10-16-13)17-23(20,21)14-5-3-12(15)22-14/h2-5,10,17H,6-9H2,1H3. The minimum atomic E-state index is -3.61. The van der Waals surface area contributed by atoms with Crippen molar-refractivity contribution in [2.75, 3.05) is 42.8 Å². The van der Waals surface area contributed by atoms with Crippen molar-refractivity contribution in [3.8, 4) is 0 Å². The highest BCUT2D eigenvalue weighted by Gasteiger charge is 2.18. The van der Waals surface area contributed by atoms with Gasteiger partial charge in [-0.25, -0.2) is 13.4 Å². The normalized spacial score (nSPS) is 16.5. The van der Waals surface area contributed by atoms with E-state index >= 15 is 0 Å². The molecule has 1 aliphatic rings. The Kier molecular flexibility index (Phi) is 4.77. The van der Waals surface area contributed by atoms with E-state index in [4.69, 9.17) is 11.6 Å². The molecule has 6 nitrogen and oxygen atoms in total. The lowest BCUT2D eigenvalue weighted by molar-refractivity contribution is 0.312. The monoisotopic (exact) mass is 372 g/mol. The molecule has 0 atom stereocenters. The lowest BCUT2D eigenvalue weighted by Crippen LogP contribution is -2.44. The Morgan fingerprint density at radius 1 is 1.17 bits per heavy atom.